The lowest BCUT2D eigenvalue weighted by Crippen LogP contribution is -2.68. The first kappa shape index (κ1) is 29.3. The highest BCUT2D eigenvalue weighted by atomic mass is 32.2. The number of aromatic nitrogens is 1. The molecule has 2 N–H and O–H groups in total. The maximum absolute atomic E-state index is 13.8. The molecule has 226 valence electrons. The number of quaternary nitrogens is 1. The molecule has 3 aromatic rings. The first-order chi connectivity index (χ1) is 20.0. The van der Waals surface area contributed by atoms with E-state index in [2.05, 4.69) is 76.0 Å². The Morgan fingerprint density at radius 1 is 1.00 bits per heavy atom. The van der Waals surface area contributed by atoms with Crippen molar-refractivity contribution >= 4 is 33.8 Å². The highest BCUT2D eigenvalue weighted by Gasteiger charge is 2.44. The number of anilines is 1. The lowest BCUT2D eigenvalue weighted by Gasteiger charge is -2.43. The molecule has 0 radical (unpaired) electrons. The summed E-state index contributed by atoms with van der Waals surface area (Å²) in [6.45, 7) is 5.58. The van der Waals surface area contributed by atoms with Crippen LogP contribution in [0.1, 0.15) is 67.8 Å². The predicted octanol–water partition coefficient (Wildman–Crippen LogP) is 4.97. The molecule has 10 heteroatoms. The van der Waals surface area contributed by atoms with Gasteiger partial charge in [0.1, 0.15) is 7.05 Å². The van der Waals surface area contributed by atoms with Crippen molar-refractivity contribution < 1.29 is 17.6 Å². The van der Waals surface area contributed by atoms with Gasteiger partial charge in [0.05, 0.1) is 17.9 Å². The maximum Gasteiger partial charge on any atom is 0.385 e. The third-order valence-electron chi connectivity index (χ3n) is 10.5. The van der Waals surface area contributed by atoms with Crippen molar-refractivity contribution in [3.63, 3.8) is 0 Å². The van der Waals surface area contributed by atoms with Crippen molar-refractivity contribution in [1.29, 1.82) is 0 Å². The summed E-state index contributed by atoms with van der Waals surface area (Å²) >= 11 is -2.37. The van der Waals surface area contributed by atoms with E-state index in [1.165, 1.54) is 60.0 Å². The molecule has 3 heterocycles. The van der Waals surface area contributed by atoms with Crippen LogP contribution in [0.2, 0.25) is 0 Å². The van der Waals surface area contributed by atoms with Crippen LogP contribution in [0.3, 0.4) is 0 Å². The molecule has 42 heavy (non-hydrogen) atoms. The molecule has 0 spiro atoms. The second-order valence-corrected chi connectivity index (χ2v) is 14.0. The van der Waals surface area contributed by atoms with Crippen LogP contribution in [0.25, 0.3) is 22.2 Å². The van der Waals surface area contributed by atoms with Crippen LogP contribution in [0, 0.1) is 0 Å². The minimum atomic E-state index is -2.37. The lowest BCUT2D eigenvalue weighted by molar-refractivity contribution is -0.860. The molecule has 6 rings (SSSR count). The standard InChI is InChI=1S/C32H44N6O3S/c1-21-34(3)19-25-20-37-29-18-24(32(39)33-38(6,42(40)41)22(2)35(21)4)16-17-26(29)30(23-12-8-7-9-13-23)31(37)27-14-10-11-15-28(27)36(25)5/h10-11,14-18,21-23,25H,7-9,12-13,19-20H2,1-6H3,(H-,33,39,40,41)/p+1. The average molecular weight is 594 g/mol. The van der Waals surface area contributed by atoms with Crippen molar-refractivity contribution in [1.82, 2.24) is 19.8 Å². The fraction of sp³-hybridized carbons (Fsp3) is 0.531. The molecule has 0 saturated heterocycles. The van der Waals surface area contributed by atoms with Gasteiger partial charge in [-0.2, -0.15) is 9.63 Å². The molecule has 1 fully saturated rings. The van der Waals surface area contributed by atoms with Crippen LogP contribution in [-0.4, -0.2) is 86.1 Å². The number of hydrogen-bond donors (Lipinski definition) is 2. The van der Waals surface area contributed by atoms with E-state index in [4.69, 9.17) is 0 Å². The smallest absolute Gasteiger partial charge is 0.368 e. The largest absolute Gasteiger partial charge is 0.385 e. The normalized spacial score (nSPS) is 28.9. The molecule has 2 aromatic carbocycles. The van der Waals surface area contributed by atoms with Crippen LogP contribution < -0.4 is 10.3 Å². The zero-order valence-corrected chi connectivity index (χ0v) is 26.5. The Morgan fingerprint density at radius 2 is 1.71 bits per heavy atom. The monoisotopic (exact) mass is 593 g/mol. The molecule has 2 aliphatic heterocycles. The van der Waals surface area contributed by atoms with Gasteiger partial charge in [-0.05, 0) is 63.5 Å². The van der Waals surface area contributed by atoms with Crippen LogP contribution in [0.4, 0.5) is 5.69 Å². The zero-order valence-electron chi connectivity index (χ0n) is 25.7. The minimum absolute atomic E-state index is 0.0625. The Kier molecular flexibility index (Phi) is 7.72. The Bertz CT molecular complexity index is 1530. The molecule has 5 unspecified atom stereocenters. The Morgan fingerprint density at radius 3 is 2.43 bits per heavy atom. The van der Waals surface area contributed by atoms with Crippen LogP contribution in [0.5, 0.6) is 0 Å². The Labute approximate surface area is 252 Å². The van der Waals surface area contributed by atoms with Gasteiger partial charge in [0.15, 0.2) is 6.17 Å². The SMILES string of the molecule is CC1N(C)CC2Cn3c(c(C4CCCCC4)c4ccc(cc43)C(=O)N[N+](C)(S(=O)O)C(C)N1C)-c1ccccc1N2C. The number of carbonyl (C=O) groups excluding carboxylic acids is 1. The van der Waals surface area contributed by atoms with Crippen molar-refractivity contribution in [2.75, 3.05) is 39.6 Å². The van der Waals surface area contributed by atoms with E-state index in [1.54, 1.807) is 7.05 Å². The molecule has 1 saturated carbocycles. The number of rotatable bonds is 2. The summed E-state index contributed by atoms with van der Waals surface area (Å²) in [7, 11) is 7.87. The van der Waals surface area contributed by atoms with E-state index in [0.29, 0.717) is 11.5 Å². The van der Waals surface area contributed by atoms with Gasteiger partial charge < -0.3 is 9.47 Å². The average Bonchev–Trinajstić information content (AvgIpc) is 3.25. The Hall–Kier alpha value is -2.76. The highest BCUT2D eigenvalue weighted by molar-refractivity contribution is 7.73. The van der Waals surface area contributed by atoms with Crippen molar-refractivity contribution in [2.45, 2.75) is 76.8 Å². The number of para-hydroxylation sites is 1. The number of hydrogen-bond acceptors (Lipinski definition) is 5. The van der Waals surface area contributed by atoms with E-state index in [1.807, 2.05) is 26.1 Å². The number of fused-ring (bicyclic) bond motifs is 4. The first-order valence-electron chi connectivity index (χ1n) is 15.2. The van der Waals surface area contributed by atoms with Gasteiger partial charge in [-0.15, -0.1) is 4.00 Å². The summed E-state index contributed by atoms with van der Waals surface area (Å²) in [5.41, 5.74) is 9.64. The van der Waals surface area contributed by atoms with Crippen molar-refractivity contribution in [3.8, 4) is 11.3 Å². The van der Waals surface area contributed by atoms with E-state index in [-0.39, 0.29) is 18.1 Å². The second kappa shape index (κ2) is 11.1. The van der Waals surface area contributed by atoms with E-state index in [0.717, 1.165) is 18.6 Å². The van der Waals surface area contributed by atoms with Crippen LogP contribution in [0.15, 0.2) is 42.5 Å². The van der Waals surface area contributed by atoms with Crippen LogP contribution in [-0.2, 0) is 17.8 Å². The highest BCUT2D eigenvalue weighted by Crippen LogP contribution is 2.48. The number of likely N-dealkylation sites (N-methyl/N-ethyl adjacent to an activating group) is 2. The first-order valence-corrected chi connectivity index (χ1v) is 16.3. The molecular formula is C32H45N6O3S+. The van der Waals surface area contributed by atoms with Crippen molar-refractivity contribution in [2.24, 2.45) is 0 Å². The molecule has 5 atom stereocenters. The number of carbonyl (C=O) groups is 1. The minimum Gasteiger partial charge on any atom is -0.368 e. The molecule has 4 bridgehead atoms. The van der Waals surface area contributed by atoms with Gasteiger partial charge in [0, 0.05) is 54.8 Å². The fourth-order valence-corrected chi connectivity index (χ4v) is 8.05. The molecule has 9 nitrogen and oxygen atoms in total. The Balaban J connectivity index is 1.63. The zero-order chi connectivity index (χ0) is 29.9. The maximum atomic E-state index is 13.8. The van der Waals surface area contributed by atoms with E-state index in [9.17, 15) is 13.6 Å². The summed E-state index contributed by atoms with van der Waals surface area (Å²) < 4.78 is 25.2. The molecule has 1 aliphatic carbocycles. The van der Waals surface area contributed by atoms with E-state index >= 15 is 0 Å². The molecule has 1 amide bonds. The van der Waals surface area contributed by atoms with E-state index < -0.39 is 21.4 Å². The van der Waals surface area contributed by atoms with Crippen LogP contribution >= 0.6 is 0 Å². The lowest BCUT2D eigenvalue weighted by atomic mass is 9.81. The fourth-order valence-electron chi connectivity index (χ4n) is 7.48. The van der Waals surface area contributed by atoms with Gasteiger partial charge in [-0.25, -0.2) is 4.90 Å². The summed E-state index contributed by atoms with van der Waals surface area (Å²) in [4.78, 5) is 20.6. The van der Waals surface area contributed by atoms with Gasteiger partial charge >= 0.3 is 11.3 Å². The summed E-state index contributed by atoms with van der Waals surface area (Å²) in [6.07, 6.45) is 5.58. The molecule has 1 aromatic heterocycles. The quantitative estimate of drug-likeness (QED) is 0.323. The van der Waals surface area contributed by atoms with Gasteiger partial charge in [-0.3, -0.25) is 14.2 Å². The molecular weight excluding hydrogens is 548 g/mol. The number of benzene rings is 2. The van der Waals surface area contributed by atoms with Gasteiger partial charge in [-0.1, -0.05) is 43.5 Å². The number of nitrogens with zero attached hydrogens (tertiary/aromatic N) is 5. The van der Waals surface area contributed by atoms with Gasteiger partial charge in [0.25, 0.3) is 5.91 Å². The topological polar surface area (TPSA) is 81.0 Å². The predicted molar refractivity (Wildman–Crippen MR) is 169 cm³/mol. The summed E-state index contributed by atoms with van der Waals surface area (Å²) in [5.74, 6) is 0.112. The third kappa shape index (κ3) is 4.68. The third-order valence-corrected chi connectivity index (χ3v) is 11.6. The second-order valence-electron chi connectivity index (χ2n) is 12.8. The molecule has 3 aliphatic rings. The summed E-state index contributed by atoms with van der Waals surface area (Å²) in [6, 6.07) is 14.9. The number of amides is 1. The van der Waals surface area contributed by atoms with Gasteiger partial charge in [0.2, 0.25) is 0 Å². The summed E-state index contributed by atoms with van der Waals surface area (Å²) in [5, 5.41) is 1.22. The van der Waals surface area contributed by atoms with Crippen molar-refractivity contribution in [3.05, 3.63) is 53.6 Å². The number of nitrogens with one attached hydrogen (secondary N) is 1.